The number of nitrogens with zero attached hydrogens (tertiary/aromatic N) is 2. The Morgan fingerprint density at radius 1 is 1.11 bits per heavy atom. The summed E-state index contributed by atoms with van der Waals surface area (Å²) in [6.45, 7) is 4.15. The summed E-state index contributed by atoms with van der Waals surface area (Å²) in [5, 5.41) is 17.2. The zero-order valence-electron chi connectivity index (χ0n) is 14.9. The maximum atomic E-state index is 12.6. The smallest absolute Gasteiger partial charge is 0.336 e. The molecule has 2 aromatic carbocycles. The number of halogens is 1. The molecule has 2 N–H and O–H groups in total. The number of aryl methyl sites for hydroxylation is 1. The van der Waals surface area contributed by atoms with E-state index >= 15 is 0 Å². The van der Waals surface area contributed by atoms with Crippen LogP contribution in [0.5, 0.6) is 0 Å². The van der Waals surface area contributed by atoms with Crippen LogP contribution in [-0.4, -0.2) is 26.8 Å². The van der Waals surface area contributed by atoms with Crippen LogP contribution >= 0.6 is 11.6 Å². The predicted molar refractivity (Wildman–Crippen MR) is 104 cm³/mol. The van der Waals surface area contributed by atoms with Crippen molar-refractivity contribution in [3.05, 3.63) is 81.6 Å². The number of aromatic nitrogens is 2. The molecule has 0 saturated carbocycles. The quantitative estimate of drug-likeness (QED) is 0.693. The van der Waals surface area contributed by atoms with E-state index in [1.54, 1.807) is 29.8 Å². The number of aromatic carboxylic acids is 1. The number of carbonyl (C=O) groups excluding carboxylic acids is 1. The highest BCUT2D eigenvalue weighted by Gasteiger charge is 2.19. The maximum Gasteiger partial charge on any atom is 0.336 e. The number of benzene rings is 2. The normalized spacial score (nSPS) is 10.6. The van der Waals surface area contributed by atoms with Gasteiger partial charge in [0.2, 0.25) is 0 Å². The molecule has 7 heteroatoms. The first-order chi connectivity index (χ1) is 12.9. The van der Waals surface area contributed by atoms with Crippen LogP contribution in [0.1, 0.15) is 37.7 Å². The highest BCUT2D eigenvalue weighted by Crippen LogP contribution is 2.22. The van der Waals surface area contributed by atoms with Gasteiger partial charge in [0, 0.05) is 5.02 Å². The Labute approximate surface area is 161 Å². The molecule has 0 fully saturated rings. The molecule has 0 saturated heterocycles. The molecule has 6 nitrogen and oxygen atoms in total. The van der Waals surface area contributed by atoms with Crippen molar-refractivity contribution in [3.8, 4) is 0 Å². The SMILES string of the molecule is Cc1nn(Cc2cccc(Cl)c2)c(C)c1NC(=O)c1ccccc1C(=O)O. The van der Waals surface area contributed by atoms with E-state index in [-0.39, 0.29) is 11.1 Å². The van der Waals surface area contributed by atoms with E-state index in [2.05, 4.69) is 10.4 Å². The zero-order chi connectivity index (χ0) is 19.6. The van der Waals surface area contributed by atoms with Crippen molar-refractivity contribution in [2.75, 3.05) is 5.32 Å². The fraction of sp³-hybridized carbons (Fsp3) is 0.150. The summed E-state index contributed by atoms with van der Waals surface area (Å²) in [6, 6.07) is 13.6. The molecule has 0 aliphatic rings. The third kappa shape index (κ3) is 4.01. The second-order valence-electron chi connectivity index (χ2n) is 6.14. The average molecular weight is 384 g/mol. The first-order valence-electron chi connectivity index (χ1n) is 8.29. The summed E-state index contributed by atoms with van der Waals surface area (Å²) < 4.78 is 1.78. The van der Waals surface area contributed by atoms with Crippen LogP contribution in [0.15, 0.2) is 48.5 Å². The second-order valence-corrected chi connectivity index (χ2v) is 6.57. The number of carbonyl (C=O) groups is 2. The molecule has 3 aromatic rings. The van der Waals surface area contributed by atoms with Crippen LogP contribution in [0.4, 0.5) is 5.69 Å². The van der Waals surface area contributed by atoms with E-state index in [1.165, 1.54) is 12.1 Å². The Bertz CT molecular complexity index is 1030. The molecule has 0 bridgehead atoms. The fourth-order valence-corrected chi connectivity index (χ4v) is 3.10. The minimum Gasteiger partial charge on any atom is -0.478 e. The van der Waals surface area contributed by atoms with E-state index in [0.717, 1.165) is 11.3 Å². The monoisotopic (exact) mass is 383 g/mol. The number of hydrogen-bond acceptors (Lipinski definition) is 3. The van der Waals surface area contributed by atoms with Crippen molar-refractivity contribution in [1.29, 1.82) is 0 Å². The van der Waals surface area contributed by atoms with Crippen molar-refractivity contribution in [2.24, 2.45) is 0 Å². The van der Waals surface area contributed by atoms with Gasteiger partial charge in [-0.05, 0) is 43.7 Å². The molecule has 0 atom stereocenters. The lowest BCUT2D eigenvalue weighted by molar-refractivity contribution is 0.0692. The van der Waals surface area contributed by atoms with Crippen molar-refractivity contribution >= 4 is 29.2 Å². The minimum atomic E-state index is -1.15. The van der Waals surface area contributed by atoms with E-state index in [4.69, 9.17) is 11.6 Å². The number of rotatable bonds is 5. The number of amides is 1. The molecule has 0 aliphatic carbocycles. The molecule has 0 radical (unpaired) electrons. The minimum absolute atomic E-state index is 0.0448. The lowest BCUT2D eigenvalue weighted by Gasteiger charge is -2.09. The largest absolute Gasteiger partial charge is 0.478 e. The number of hydrogen-bond donors (Lipinski definition) is 2. The van der Waals surface area contributed by atoms with Gasteiger partial charge in [0.15, 0.2) is 0 Å². The van der Waals surface area contributed by atoms with Gasteiger partial charge in [-0.2, -0.15) is 5.10 Å². The van der Waals surface area contributed by atoms with Gasteiger partial charge in [-0.15, -0.1) is 0 Å². The van der Waals surface area contributed by atoms with Gasteiger partial charge in [-0.3, -0.25) is 9.48 Å². The second kappa shape index (κ2) is 7.63. The first-order valence-corrected chi connectivity index (χ1v) is 8.66. The van der Waals surface area contributed by atoms with Crippen LogP contribution in [-0.2, 0) is 6.54 Å². The summed E-state index contributed by atoms with van der Waals surface area (Å²) >= 11 is 6.03. The van der Waals surface area contributed by atoms with Gasteiger partial charge in [0.25, 0.3) is 5.91 Å². The number of anilines is 1. The van der Waals surface area contributed by atoms with Crippen molar-refractivity contribution in [3.63, 3.8) is 0 Å². The Morgan fingerprint density at radius 3 is 2.48 bits per heavy atom. The molecule has 0 spiro atoms. The lowest BCUT2D eigenvalue weighted by Crippen LogP contribution is -2.17. The highest BCUT2D eigenvalue weighted by atomic mass is 35.5. The third-order valence-corrected chi connectivity index (χ3v) is 4.48. The molecular weight excluding hydrogens is 366 g/mol. The molecule has 138 valence electrons. The summed E-state index contributed by atoms with van der Waals surface area (Å²) in [6.07, 6.45) is 0. The summed E-state index contributed by atoms with van der Waals surface area (Å²) in [4.78, 5) is 24.0. The summed E-state index contributed by atoms with van der Waals surface area (Å²) in [5.74, 6) is -1.63. The van der Waals surface area contributed by atoms with Gasteiger partial charge in [0.05, 0.1) is 34.7 Å². The Hall–Kier alpha value is -3.12. The van der Waals surface area contributed by atoms with Crippen LogP contribution in [0, 0.1) is 13.8 Å². The molecule has 27 heavy (non-hydrogen) atoms. The standard InChI is InChI=1S/C20H18ClN3O3/c1-12-18(22-19(25)16-8-3-4-9-17(16)20(26)27)13(2)24(23-12)11-14-6-5-7-15(21)10-14/h3-10H,11H2,1-2H3,(H,22,25)(H,26,27). The first kappa shape index (κ1) is 18.7. The molecule has 1 amide bonds. The van der Waals surface area contributed by atoms with Crippen molar-refractivity contribution in [1.82, 2.24) is 9.78 Å². The van der Waals surface area contributed by atoms with E-state index in [9.17, 15) is 14.7 Å². The van der Waals surface area contributed by atoms with E-state index < -0.39 is 11.9 Å². The fourth-order valence-electron chi connectivity index (χ4n) is 2.89. The summed E-state index contributed by atoms with van der Waals surface area (Å²) in [5.41, 5.74) is 3.04. The molecule has 1 heterocycles. The lowest BCUT2D eigenvalue weighted by atomic mass is 10.1. The van der Waals surface area contributed by atoms with Gasteiger partial charge < -0.3 is 10.4 Å². The van der Waals surface area contributed by atoms with Gasteiger partial charge in [-0.1, -0.05) is 35.9 Å². The molecule has 0 unspecified atom stereocenters. The number of carboxylic acid groups (broad SMARTS) is 1. The molecular formula is C20H18ClN3O3. The van der Waals surface area contributed by atoms with Crippen LogP contribution in [0.25, 0.3) is 0 Å². The predicted octanol–water partition coefficient (Wildman–Crippen LogP) is 4.15. The molecule has 3 rings (SSSR count). The summed E-state index contributed by atoms with van der Waals surface area (Å²) in [7, 11) is 0. The third-order valence-electron chi connectivity index (χ3n) is 4.24. The van der Waals surface area contributed by atoms with Gasteiger partial charge in [0.1, 0.15) is 0 Å². The Morgan fingerprint density at radius 2 is 1.81 bits per heavy atom. The van der Waals surface area contributed by atoms with Crippen molar-refractivity contribution in [2.45, 2.75) is 20.4 Å². The van der Waals surface area contributed by atoms with E-state index in [0.29, 0.717) is 22.9 Å². The van der Waals surface area contributed by atoms with Gasteiger partial charge in [-0.25, -0.2) is 4.79 Å². The Kier molecular flexibility index (Phi) is 5.28. The van der Waals surface area contributed by atoms with Crippen LogP contribution in [0.3, 0.4) is 0 Å². The molecule has 0 aliphatic heterocycles. The maximum absolute atomic E-state index is 12.6. The highest BCUT2D eigenvalue weighted by molar-refractivity contribution is 6.30. The molecule has 1 aromatic heterocycles. The number of carboxylic acids is 1. The van der Waals surface area contributed by atoms with Crippen LogP contribution in [0.2, 0.25) is 5.02 Å². The van der Waals surface area contributed by atoms with E-state index in [1.807, 2.05) is 25.1 Å². The zero-order valence-corrected chi connectivity index (χ0v) is 15.6. The number of nitrogens with one attached hydrogen (secondary N) is 1. The topological polar surface area (TPSA) is 84.2 Å². The van der Waals surface area contributed by atoms with Crippen LogP contribution < -0.4 is 5.32 Å². The average Bonchev–Trinajstić information content (AvgIpc) is 2.89. The Balaban J connectivity index is 1.87. The van der Waals surface area contributed by atoms with Crippen molar-refractivity contribution < 1.29 is 14.7 Å². The van der Waals surface area contributed by atoms with Gasteiger partial charge >= 0.3 is 5.97 Å².